The minimum absolute atomic E-state index is 0.0283. The summed E-state index contributed by atoms with van der Waals surface area (Å²) < 4.78 is 68.1. The highest BCUT2D eigenvalue weighted by Gasteiger charge is 2.09. The molecule has 0 aliphatic heterocycles. The fourth-order valence-electron chi connectivity index (χ4n) is 3.14. The second-order valence-electron chi connectivity index (χ2n) is 9.52. The Hall–Kier alpha value is -1.12. The van der Waals surface area contributed by atoms with Crippen molar-refractivity contribution < 1.29 is 35.6 Å². The molecule has 0 radical (unpaired) electrons. The molecule has 0 heterocycles. The number of benzene rings is 3. The SMILES string of the molecule is S=S=S=S=S=S=S=S.S=S=S=S=S=S=S=S=S.[N-]=[N+]=NCCCOc1ccc(S(=O)(=O)Cl)cc1.[N-]=[N+]=NCCCOc1ccc(S(=O)(=O)O)cc1.[N-]=[N+]=NCCCOc1ccccc1. The topological polar surface area (TPSA) is 262 Å². The minimum atomic E-state index is -4.16. The molecule has 0 spiro atoms. The average molecular weight is 1260 g/mol. The van der Waals surface area contributed by atoms with Crippen molar-refractivity contribution in [3.63, 3.8) is 0 Å². The zero-order valence-electron chi connectivity index (χ0n) is 31.8. The maximum absolute atomic E-state index is 11.0. The molecule has 64 heavy (non-hydrogen) atoms. The van der Waals surface area contributed by atoms with Gasteiger partial charge in [0.1, 0.15) is 17.2 Å². The van der Waals surface area contributed by atoms with Crippen LogP contribution >= 0.6 is 10.7 Å². The predicted octanol–water partition coefficient (Wildman–Crippen LogP) is 7.43. The average Bonchev–Trinajstić information content (AvgIpc) is 3.29. The maximum atomic E-state index is 11.0. The summed E-state index contributed by atoms with van der Waals surface area (Å²) in [6, 6.07) is 20.7. The molecule has 0 unspecified atom stereocenters. The van der Waals surface area contributed by atoms with Crippen LogP contribution in [-0.2, 0) is 179 Å². The first-order valence-corrected chi connectivity index (χ1v) is 39.8. The highest BCUT2D eigenvalue weighted by molar-refractivity contribution is 8.72. The van der Waals surface area contributed by atoms with Crippen molar-refractivity contribution in [2.75, 3.05) is 39.5 Å². The van der Waals surface area contributed by atoms with Gasteiger partial charge in [-0.25, -0.2) is 8.42 Å². The van der Waals surface area contributed by atoms with Gasteiger partial charge in [0, 0.05) is 205 Å². The lowest BCUT2D eigenvalue weighted by molar-refractivity contribution is 0.313. The van der Waals surface area contributed by atoms with E-state index in [9.17, 15) is 16.8 Å². The van der Waals surface area contributed by atoms with Gasteiger partial charge in [-0.3, -0.25) is 4.55 Å². The molecule has 0 atom stereocenters. The third kappa shape index (κ3) is 43.5. The molecule has 17 nitrogen and oxygen atoms in total. The van der Waals surface area contributed by atoms with E-state index in [0.717, 1.165) is 12.2 Å². The maximum Gasteiger partial charge on any atom is 0.294 e. The molecule has 0 fully saturated rings. The van der Waals surface area contributed by atoms with Crippen LogP contribution < -0.4 is 14.2 Å². The Morgan fingerprint density at radius 3 is 1.08 bits per heavy atom. The third-order valence-electron chi connectivity index (χ3n) is 5.48. The van der Waals surface area contributed by atoms with E-state index in [1.807, 2.05) is 30.3 Å². The summed E-state index contributed by atoms with van der Waals surface area (Å²) in [6.07, 6.45) is 1.92. The van der Waals surface area contributed by atoms with E-state index in [1.54, 1.807) is 79.9 Å². The van der Waals surface area contributed by atoms with Crippen molar-refractivity contribution in [2.24, 2.45) is 15.3 Å². The van der Waals surface area contributed by atoms with E-state index in [-0.39, 0.29) is 9.79 Å². The predicted molar refractivity (Wildman–Crippen MR) is 300 cm³/mol. The van der Waals surface area contributed by atoms with Crippen LogP contribution in [-0.4, -0.2) is 60.8 Å². The van der Waals surface area contributed by atoms with Crippen molar-refractivity contribution in [3.05, 3.63) is 110 Å². The molecule has 3 aromatic carbocycles. The van der Waals surface area contributed by atoms with Crippen LogP contribution in [0.15, 0.2) is 104 Å². The minimum Gasteiger partial charge on any atom is -0.494 e. The number of hydrogen-bond acceptors (Lipinski definition) is 14. The van der Waals surface area contributed by atoms with Gasteiger partial charge in [0.25, 0.3) is 19.2 Å². The molecule has 37 heteroatoms. The lowest BCUT2D eigenvalue weighted by Gasteiger charge is -2.05. The van der Waals surface area contributed by atoms with Crippen LogP contribution in [0.4, 0.5) is 0 Å². The highest BCUT2D eigenvalue weighted by atomic mass is 35.7. The van der Waals surface area contributed by atoms with Crippen LogP contribution in [0.25, 0.3) is 31.3 Å². The summed E-state index contributed by atoms with van der Waals surface area (Å²) >= 11 is 18.5. The summed E-state index contributed by atoms with van der Waals surface area (Å²) in [5.41, 5.74) is 24.1. The normalized spacial score (nSPS) is 9.22. The molecule has 1 N–H and O–H groups in total. The van der Waals surface area contributed by atoms with Crippen LogP contribution in [0.5, 0.6) is 17.2 Å². The quantitative estimate of drug-likeness (QED) is 0.0345. The first kappa shape index (κ1) is 65.0. The summed E-state index contributed by atoms with van der Waals surface area (Å²) in [6.45, 7) is 2.55. The number of rotatable bonds is 17. The van der Waals surface area contributed by atoms with E-state index in [4.69, 9.17) is 46.0 Å². The van der Waals surface area contributed by atoms with Gasteiger partial charge in [-0.05, 0) is 96.5 Å². The van der Waals surface area contributed by atoms with Crippen molar-refractivity contribution in [1.82, 2.24) is 0 Å². The first-order valence-electron chi connectivity index (χ1n) is 16.1. The number of para-hydroxylation sites is 1. The van der Waals surface area contributed by atoms with Gasteiger partial charge in [-0.1, -0.05) is 33.5 Å². The zero-order valence-corrected chi connectivity index (χ0v) is 48.1. The first-order chi connectivity index (χ1) is 30.8. The fourth-order valence-corrected chi connectivity index (χ4v) is 29.1. The van der Waals surface area contributed by atoms with Gasteiger partial charge < -0.3 is 14.2 Å². The van der Waals surface area contributed by atoms with Gasteiger partial charge in [0.2, 0.25) is 0 Å². The van der Waals surface area contributed by atoms with E-state index in [1.165, 1.54) is 84.1 Å². The second-order valence-corrected chi connectivity index (χ2v) is 36.5. The molecule has 0 aliphatic rings. The number of ether oxygens (including phenoxy) is 3. The largest absolute Gasteiger partial charge is 0.494 e. The van der Waals surface area contributed by atoms with Crippen LogP contribution in [0.3, 0.4) is 0 Å². The number of nitrogens with zero attached hydrogens (tertiary/aromatic N) is 9. The Morgan fingerprint density at radius 1 is 0.500 bits per heavy atom. The summed E-state index contributed by atoms with van der Waals surface area (Å²) in [5, 5.41) is 10.1. The van der Waals surface area contributed by atoms with Crippen LogP contribution in [0, 0.1) is 0 Å². The molecule has 0 bridgehead atoms. The fraction of sp³-hybridized carbons (Fsp3) is 0.333. The standard InChI is InChI=1S/C9H10ClN3O3S.C9H11N3O4S.C9H11N3O.S9.S8/c10-17(14,15)9-4-2-8(3-5-9)16-7-1-6-12-13-11;10-12-11-6-1-7-16-8-2-4-9(5-3-8)17(13,14)15;10-12-11-7-4-8-13-9-5-2-1-3-6-9;1-3-5-7-9-8-6-4-2;1-3-5-7-8-6-4-2/h2-5H,1,6-7H2;2-5H,1,6-7H2,(H,13,14,15);1-3,5-6H,4,7-8H2;;. The third-order valence-corrected chi connectivity index (χ3v) is 32.2. The Bertz CT molecular complexity index is 2650. The van der Waals surface area contributed by atoms with Gasteiger partial charge in [-0.2, -0.15) is 8.42 Å². The Kier molecular flexibility index (Phi) is 47.7. The lowest BCUT2D eigenvalue weighted by Crippen LogP contribution is -2.00. The van der Waals surface area contributed by atoms with Crippen molar-refractivity contribution in [3.8, 4) is 17.2 Å². The lowest BCUT2D eigenvalue weighted by atomic mass is 10.3. The van der Waals surface area contributed by atoms with E-state index in [0.29, 0.717) is 63.8 Å². The van der Waals surface area contributed by atoms with Crippen LogP contribution in [0.1, 0.15) is 19.3 Å². The summed E-state index contributed by atoms with van der Waals surface area (Å²) in [7, 11) is 17.3. The zero-order chi connectivity index (χ0) is 48.0. The second kappa shape index (κ2) is 47.0. The molecule has 0 aromatic heterocycles. The monoisotopic (exact) mass is 1250 g/mol. The van der Waals surface area contributed by atoms with Crippen LogP contribution in [0.2, 0.25) is 0 Å². The number of azide groups is 3. The molecule has 354 valence electrons. The summed E-state index contributed by atoms with van der Waals surface area (Å²) in [5.74, 6) is 1.87. The van der Waals surface area contributed by atoms with Gasteiger partial charge >= 0.3 is 0 Å². The van der Waals surface area contributed by atoms with E-state index < -0.39 is 19.2 Å². The van der Waals surface area contributed by atoms with Gasteiger partial charge in [0.05, 0.1) is 29.6 Å². The molecule has 3 rings (SSSR count). The molecule has 0 aliphatic carbocycles. The smallest absolute Gasteiger partial charge is 0.294 e. The van der Waals surface area contributed by atoms with Crippen molar-refractivity contribution in [1.29, 1.82) is 0 Å². The number of hydrogen-bond donors (Lipinski definition) is 1. The molecule has 0 saturated heterocycles. The molecule has 0 saturated carbocycles. The molecular weight excluding hydrogens is 1220 g/mol. The molecule has 3 aromatic rings. The summed E-state index contributed by atoms with van der Waals surface area (Å²) in [4.78, 5) is 7.70. The molecular formula is C27H32ClN9O8S19. The van der Waals surface area contributed by atoms with E-state index >= 15 is 0 Å². The highest BCUT2D eigenvalue weighted by Crippen LogP contribution is 2.19. The van der Waals surface area contributed by atoms with Gasteiger partial charge in [0.15, 0.2) is 0 Å². The van der Waals surface area contributed by atoms with Gasteiger partial charge in [-0.15, -0.1) is 0 Å². The van der Waals surface area contributed by atoms with Crippen molar-refractivity contribution in [2.45, 2.75) is 29.1 Å². The van der Waals surface area contributed by atoms with E-state index in [2.05, 4.69) is 74.8 Å². The number of halogens is 1. The Labute approximate surface area is 431 Å². The van der Waals surface area contributed by atoms with Crippen molar-refractivity contribution >= 4 is 190 Å². The Balaban J connectivity index is 0. The Morgan fingerprint density at radius 2 is 0.797 bits per heavy atom. The molecule has 0 amide bonds.